The maximum Gasteiger partial charge on any atom is 0.269 e. The van der Waals surface area contributed by atoms with E-state index in [1.807, 2.05) is 53.1 Å². The summed E-state index contributed by atoms with van der Waals surface area (Å²) in [5.74, 6) is 1.37. The highest BCUT2D eigenvalue weighted by atomic mass is 79.9. The third kappa shape index (κ3) is 4.23. The van der Waals surface area contributed by atoms with Crippen LogP contribution in [0.4, 0.5) is 5.69 Å². The Morgan fingerprint density at radius 1 is 0.931 bits per heavy atom. The van der Waals surface area contributed by atoms with Crippen molar-refractivity contribution in [3.63, 3.8) is 0 Å². The Kier molecular flexibility index (Phi) is 5.73. The number of aromatic nitrogens is 3. The lowest BCUT2D eigenvalue weighted by atomic mass is 10.2. The monoisotopic (exact) mass is 466 g/mol. The summed E-state index contributed by atoms with van der Waals surface area (Å²) in [6.45, 7) is 0. The molecule has 4 rings (SSSR count). The SMILES string of the molecule is O=[N+]([O-])c1ccc(-c2nnc(SCc3ccccc3Br)n2-c2ccccc2)cc1. The van der Waals surface area contributed by atoms with E-state index in [2.05, 4.69) is 32.2 Å². The highest BCUT2D eigenvalue weighted by Gasteiger charge is 2.17. The molecule has 1 heterocycles. The molecule has 0 bridgehead atoms. The predicted molar refractivity (Wildman–Crippen MR) is 117 cm³/mol. The molecule has 0 spiro atoms. The molecule has 0 fully saturated rings. The lowest BCUT2D eigenvalue weighted by Gasteiger charge is -2.10. The molecule has 0 N–H and O–H groups in total. The Morgan fingerprint density at radius 2 is 1.62 bits per heavy atom. The van der Waals surface area contributed by atoms with E-state index in [1.54, 1.807) is 23.9 Å². The molecule has 3 aromatic carbocycles. The van der Waals surface area contributed by atoms with Crippen LogP contribution in [0.3, 0.4) is 0 Å². The van der Waals surface area contributed by atoms with Gasteiger partial charge in [-0.3, -0.25) is 14.7 Å². The quantitative estimate of drug-likeness (QED) is 0.201. The molecule has 0 aliphatic heterocycles. The number of para-hydroxylation sites is 1. The maximum absolute atomic E-state index is 11.0. The zero-order valence-electron chi connectivity index (χ0n) is 15.1. The second-order valence-electron chi connectivity index (χ2n) is 6.16. The van der Waals surface area contributed by atoms with Gasteiger partial charge >= 0.3 is 0 Å². The number of hydrogen-bond donors (Lipinski definition) is 0. The van der Waals surface area contributed by atoms with Gasteiger partial charge in [0.05, 0.1) is 4.92 Å². The van der Waals surface area contributed by atoms with Crippen molar-refractivity contribution in [2.45, 2.75) is 10.9 Å². The van der Waals surface area contributed by atoms with Crippen LogP contribution in [0.15, 0.2) is 88.5 Å². The van der Waals surface area contributed by atoms with Crippen molar-refractivity contribution in [3.8, 4) is 17.1 Å². The van der Waals surface area contributed by atoms with Crippen LogP contribution in [-0.4, -0.2) is 19.7 Å². The summed E-state index contributed by atoms with van der Waals surface area (Å²) in [7, 11) is 0. The van der Waals surface area contributed by atoms with E-state index < -0.39 is 4.92 Å². The van der Waals surface area contributed by atoms with Crippen molar-refractivity contribution >= 4 is 33.4 Å². The van der Waals surface area contributed by atoms with E-state index in [0.29, 0.717) is 5.82 Å². The van der Waals surface area contributed by atoms with Gasteiger partial charge in [0.15, 0.2) is 11.0 Å². The fourth-order valence-electron chi connectivity index (χ4n) is 2.85. The smallest absolute Gasteiger partial charge is 0.269 e. The van der Waals surface area contributed by atoms with Crippen molar-refractivity contribution in [2.75, 3.05) is 0 Å². The molecule has 29 heavy (non-hydrogen) atoms. The molecule has 0 aliphatic carbocycles. The molecular weight excluding hydrogens is 452 g/mol. The summed E-state index contributed by atoms with van der Waals surface area (Å²) < 4.78 is 3.02. The summed E-state index contributed by atoms with van der Waals surface area (Å²) >= 11 is 5.17. The molecule has 8 heteroatoms. The Hall–Kier alpha value is -2.97. The van der Waals surface area contributed by atoms with Gasteiger partial charge in [0.2, 0.25) is 0 Å². The topological polar surface area (TPSA) is 73.8 Å². The maximum atomic E-state index is 11.0. The van der Waals surface area contributed by atoms with Gasteiger partial charge in [0, 0.05) is 33.6 Å². The molecular formula is C21H15BrN4O2S. The minimum Gasteiger partial charge on any atom is -0.270 e. The minimum atomic E-state index is -0.412. The lowest BCUT2D eigenvalue weighted by molar-refractivity contribution is -0.384. The van der Waals surface area contributed by atoms with Crippen LogP contribution < -0.4 is 0 Å². The van der Waals surface area contributed by atoms with Crippen LogP contribution in [-0.2, 0) is 5.75 Å². The summed E-state index contributed by atoms with van der Waals surface area (Å²) in [6.07, 6.45) is 0. The first-order chi connectivity index (χ1) is 14.1. The van der Waals surface area contributed by atoms with E-state index >= 15 is 0 Å². The molecule has 144 valence electrons. The third-order valence-corrected chi connectivity index (χ3v) is 6.05. The van der Waals surface area contributed by atoms with Crippen molar-refractivity contribution in [2.24, 2.45) is 0 Å². The molecule has 0 atom stereocenters. The predicted octanol–water partition coefficient (Wildman–Crippen LogP) is 5.90. The van der Waals surface area contributed by atoms with Crippen molar-refractivity contribution in [3.05, 3.63) is 99.0 Å². The zero-order chi connectivity index (χ0) is 20.2. The normalized spacial score (nSPS) is 10.8. The van der Waals surface area contributed by atoms with Crippen LogP contribution in [0.5, 0.6) is 0 Å². The van der Waals surface area contributed by atoms with Crippen LogP contribution in [0.1, 0.15) is 5.56 Å². The van der Waals surface area contributed by atoms with Gasteiger partial charge in [-0.2, -0.15) is 0 Å². The number of rotatable bonds is 6. The Balaban J connectivity index is 1.72. The van der Waals surface area contributed by atoms with E-state index in [0.717, 1.165) is 32.2 Å². The van der Waals surface area contributed by atoms with Crippen molar-refractivity contribution < 1.29 is 4.92 Å². The zero-order valence-corrected chi connectivity index (χ0v) is 17.5. The molecule has 0 radical (unpaired) electrons. The third-order valence-electron chi connectivity index (χ3n) is 4.30. The Bertz CT molecular complexity index is 1150. The number of thioether (sulfide) groups is 1. The number of hydrogen-bond acceptors (Lipinski definition) is 5. The standard InChI is InChI=1S/C21H15BrN4O2S/c22-19-9-5-4-6-16(19)14-29-21-24-23-20(25(21)17-7-2-1-3-8-17)15-10-12-18(13-11-15)26(27)28/h1-13H,14H2. The van der Waals surface area contributed by atoms with Gasteiger partial charge in [-0.25, -0.2) is 0 Å². The van der Waals surface area contributed by atoms with Gasteiger partial charge in [-0.1, -0.05) is 64.1 Å². The molecule has 0 unspecified atom stereocenters. The van der Waals surface area contributed by atoms with Crippen molar-refractivity contribution in [1.29, 1.82) is 0 Å². The molecule has 4 aromatic rings. The number of nitro benzene ring substituents is 1. The lowest BCUT2D eigenvalue weighted by Crippen LogP contribution is -2.00. The second-order valence-corrected chi connectivity index (χ2v) is 7.96. The second kappa shape index (κ2) is 8.59. The molecule has 1 aromatic heterocycles. The number of non-ortho nitro benzene ring substituents is 1. The highest BCUT2D eigenvalue weighted by molar-refractivity contribution is 9.10. The van der Waals surface area contributed by atoms with Gasteiger partial charge in [0.25, 0.3) is 5.69 Å². The first-order valence-electron chi connectivity index (χ1n) is 8.75. The molecule has 0 saturated carbocycles. The van der Waals surface area contributed by atoms with Crippen LogP contribution in [0.2, 0.25) is 0 Å². The van der Waals surface area contributed by atoms with Crippen LogP contribution in [0.25, 0.3) is 17.1 Å². The minimum absolute atomic E-state index is 0.0445. The van der Waals surface area contributed by atoms with Crippen LogP contribution in [0, 0.1) is 10.1 Å². The molecule has 0 saturated heterocycles. The summed E-state index contributed by atoms with van der Waals surface area (Å²) in [5.41, 5.74) is 2.90. The average Bonchev–Trinajstić information content (AvgIpc) is 3.18. The first kappa shape index (κ1) is 19.4. The first-order valence-corrected chi connectivity index (χ1v) is 10.5. The molecule has 0 amide bonds. The largest absolute Gasteiger partial charge is 0.270 e. The van der Waals surface area contributed by atoms with Gasteiger partial charge < -0.3 is 0 Å². The van der Waals surface area contributed by atoms with E-state index in [-0.39, 0.29) is 5.69 Å². The average molecular weight is 467 g/mol. The van der Waals surface area contributed by atoms with Gasteiger partial charge in [-0.15, -0.1) is 10.2 Å². The number of benzene rings is 3. The van der Waals surface area contributed by atoms with Crippen molar-refractivity contribution in [1.82, 2.24) is 14.8 Å². The summed E-state index contributed by atoms with van der Waals surface area (Å²) in [6, 6.07) is 24.3. The summed E-state index contributed by atoms with van der Waals surface area (Å²) in [4.78, 5) is 10.5. The highest BCUT2D eigenvalue weighted by Crippen LogP contribution is 2.31. The van der Waals surface area contributed by atoms with Gasteiger partial charge in [-0.05, 0) is 35.9 Å². The Morgan fingerprint density at radius 3 is 2.31 bits per heavy atom. The molecule has 0 aliphatic rings. The Labute approximate surface area is 179 Å². The van der Waals surface area contributed by atoms with Crippen LogP contribution >= 0.6 is 27.7 Å². The van der Waals surface area contributed by atoms with E-state index in [9.17, 15) is 10.1 Å². The number of halogens is 1. The number of nitrogens with zero attached hydrogens (tertiary/aromatic N) is 4. The summed E-state index contributed by atoms with van der Waals surface area (Å²) in [5, 5.41) is 20.5. The molecule has 6 nitrogen and oxygen atoms in total. The van der Waals surface area contributed by atoms with E-state index in [1.165, 1.54) is 12.1 Å². The van der Waals surface area contributed by atoms with Gasteiger partial charge in [0.1, 0.15) is 0 Å². The van der Waals surface area contributed by atoms with E-state index in [4.69, 9.17) is 0 Å². The fraction of sp³-hybridized carbons (Fsp3) is 0.0476. The fourth-order valence-corrected chi connectivity index (χ4v) is 4.42. The number of nitro groups is 1.